The highest BCUT2D eigenvalue weighted by molar-refractivity contribution is 6.14. The van der Waals surface area contributed by atoms with E-state index >= 15 is 0 Å². The summed E-state index contributed by atoms with van der Waals surface area (Å²) in [7, 11) is 0. The first-order valence-electron chi connectivity index (χ1n) is 22.8. The Hall–Kier alpha value is -7.82. The molecule has 302 valence electrons. The lowest BCUT2D eigenvalue weighted by atomic mass is 9.67. The molecule has 9 aromatic carbocycles. The van der Waals surface area contributed by atoms with Crippen LogP contribution in [0.4, 0.5) is 0 Å². The van der Waals surface area contributed by atoms with E-state index in [4.69, 9.17) is 8.83 Å². The molecule has 4 heteroatoms. The minimum absolute atomic E-state index is 0.0116. The summed E-state index contributed by atoms with van der Waals surface area (Å²) >= 11 is 0. The van der Waals surface area contributed by atoms with Gasteiger partial charge in [-0.1, -0.05) is 116 Å². The Kier molecular flexibility index (Phi) is 6.86. The minimum Gasteiger partial charge on any atom is -0.456 e. The van der Waals surface area contributed by atoms with Crippen LogP contribution in [0, 0.1) is 0 Å². The van der Waals surface area contributed by atoms with Gasteiger partial charge in [0.25, 0.3) is 0 Å². The fraction of sp³-hybridized carbons (Fsp3) is 0.100. The van der Waals surface area contributed by atoms with Crippen molar-refractivity contribution in [1.82, 2.24) is 9.13 Å². The van der Waals surface area contributed by atoms with Crippen LogP contribution in [-0.4, -0.2) is 9.13 Å². The maximum Gasteiger partial charge on any atom is 0.137 e. The molecular weight excluding hydrogens is 781 g/mol. The highest BCUT2D eigenvalue weighted by atomic mass is 16.3. The molecule has 4 aromatic heterocycles. The molecule has 1 fully saturated rings. The Labute approximate surface area is 368 Å². The molecule has 0 bridgehead atoms. The van der Waals surface area contributed by atoms with Gasteiger partial charge in [-0.15, -0.1) is 0 Å². The number of benzene rings is 9. The fourth-order valence-electron chi connectivity index (χ4n) is 12.3. The molecule has 13 aromatic rings. The van der Waals surface area contributed by atoms with Gasteiger partial charge in [0, 0.05) is 72.0 Å². The summed E-state index contributed by atoms with van der Waals surface area (Å²) in [5, 5.41) is 9.68. The zero-order chi connectivity index (χ0) is 41.7. The van der Waals surface area contributed by atoms with Gasteiger partial charge in [-0.25, -0.2) is 0 Å². The first-order chi connectivity index (χ1) is 31.7. The van der Waals surface area contributed by atoms with Crippen LogP contribution in [0.25, 0.3) is 121 Å². The molecule has 0 unspecified atom stereocenters. The van der Waals surface area contributed by atoms with Crippen molar-refractivity contribution in [2.75, 3.05) is 0 Å². The van der Waals surface area contributed by atoms with Gasteiger partial charge in [0.2, 0.25) is 0 Å². The summed E-state index contributed by atoms with van der Waals surface area (Å²) in [6.07, 6.45) is 6.16. The molecule has 64 heavy (non-hydrogen) atoms. The standard InChI is InChI=1S/C60H40N2O2/c1-10-28-60(29-11-1)50-27-21-36(37-20-24-42-40-12-2-6-16-52(40)61(54(42)31-37)38-22-25-45-43-14-4-8-18-56(43)63-58(45)32-38)30-47(50)48-35-55-49(34-51(48)60)41-13-3-7-17-53(41)62(55)39-23-26-46-44-15-5-9-19-57(44)64-59(46)33-39/h2-9,12-27,30-35H,1,10-11,28-29H2. The number of aromatic nitrogens is 2. The maximum atomic E-state index is 6.45. The van der Waals surface area contributed by atoms with Gasteiger partial charge in [0.15, 0.2) is 0 Å². The number of nitrogens with zero attached hydrogens (tertiary/aromatic N) is 2. The van der Waals surface area contributed by atoms with Crippen molar-refractivity contribution in [1.29, 1.82) is 0 Å². The van der Waals surface area contributed by atoms with E-state index in [1.54, 1.807) is 0 Å². The highest BCUT2D eigenvalue weighted by Crippen LogP contribution is 2.58. The molecule has 0 atom stereocenters. The van der Waals surface area contributed by atoms with E-state index in [2.05, 4.69) is 179 Å². The first-order valence-corrected chi connectivity index (χ1v) is 22.8. The zero-order valence-corrected chi connectivity index (χ0v) is 35.1. The van der Waals surface area contributed by atoms with Crippen LogP contribution in [0.1, 0.15) is 43.2 Å². The van der Waals surface area contributed by atoms with Crippen molar-refractivity contribution in [2.45, 2.75) is 37.5 Å². The van der Waals surface area contributed by atoms with E-state index < -0.39 is 0 Å². The fourth-order valence-corrected chi connectivity index (χ4v) is 12.3. The van der Waals surface area contributed by atoms with Crippen LogP contribution in [0.15, 0.2) is 191 Å². The summed E-state index contributed by atoms with van der Waals surface area (Å²) in [4.78, 5) is 0. The van der Waals surface area contributed by atoms with Gasteiger partial charge in [-0.05, 0) is 119 Å². The molecular formula is C60H40N2O2. The van der Waals surface area contributed by atoms with Gasteiger partial charge in [-0.3, -0.25) is 0 Å². The minimum atomic E-state index is 0.0116. The Bertz CT molecular complexity index is 4130. The van der Waals surface area contributed by atoms with Crippen LogP contribution in [0.2, 0.25) is 0 Å². The second kappa shape index (κ2) is 12.6. The Balaban J connectivity index is 0.933. The highest BCUT2D eigenvalue weighted by Gasteiger charge is 2.44. The number of rotatable bonds is 3. The molecule has 0 N–H and O–H groups in total. The van der Waals surface area contributed by atoms with Crippen LogP contribution >= 0.6 is 0 Å². The van der Waals surface area contributed by atoms with E-state index in [9.17, 15) is 0 Å². The van der Waals surface area contributed by atoms with Gasteiger partial charge >= 0.3 is 0 Å². The molecule has 1 spiro atoms. The van der Waals surface area contributed by atoms with E-state index in [-0.39, 0.29) is 5.41 Å². The molecule has 15 rings (SSSR count). The van der Waals surface area contributed by atoms with Crippen molar-refractivity contribution < 1.29 is 8.83 Å². The lowest BCUT2D eigenvalue weighted by molar-refractivity contribution is 0.353. The van der Waals surface area contributed by atoms with E-state index in [0.29, 0.717) is 0 Å². The monoisotopic (exact) mass is 820 g/mol. The summed E-state index contributed by atoms with van der Waals surface area (Å²) in [6.45, 7) is 0. The van der Waals surface area contributed by atoms with Gasteiger partial charge in [0.05, 0.1) is 22.1 Å². The second-order valence-corrected chi connectivity index (χ2v) is 18.3. The van der Waals surface area contributed by atoms with Crippen LogP contribution in [0.3, 0.4) is 0 Å². The van der Waals surface area contributed by atoms with Crippen molar-refractivity contribution in [3.63, 3.8) is 0 Å². The molecule has 1 saturated carbocycles. The Morgan fingerprint density at radius 2 is 0.812 bits per heavy atom. The van der Waals surface area contributed by atoms with Crippen molar-refractivity contribution in [3.05, 3.63) is 193 Å². The number of fused-ring (bicyclic) bond motifs is 17. The lowest BCUT2D eigenvalue weighted by Gasteiger charge is -2.36. The summed E-state index contributed by atoms with van der Waals surface area (Å²) in [5.41, 5.74) is 18.9. The first kappa shape index (κ1) is 34.7. The van der Waals surface area contributed by atoms with Crippen LogP contribution < -0.4 is 0 Å². The van der Waals surface area contributed by atoms with E-state index in [1.807, 2.05) is 12.1 Å². The largest absolute Gasteiger partial charge is 0.456 e. The van der Waals surface area contributed by atoms with Crippen molar-refractivity contribution in [2.24, 2.45) is 0 Å². The second-order valence-electron chi connectivity index (χ2n) is 18.3. The smallest absolute Gasteiger partial charge is 0.137 e. The number of furan rings is 2. The third-order valence-electron chi connectivity index (χ3n) is 15.1. The maximum absolute atomic E-state index is 6.45. The van der Waals surface area contributed by atoms with Crippen LogP contribution in [-0.2, 0) is 5.41 Å². The molecule has 0 aliphatic heterocycles. The Morgan fingerprint density at radius 3 is 1.47 bits per heavy atom. The van der Waals surface area contributed by atoms with Gasteiger partial charge < -0.3 is 18.0 Å². The molecule has 2 aliphatic carbocycles. The average Bonchev–Trinajstić information content (AvgIpc) is 4.14. The van der Waals surface area contributed by atoms with Gasteiger partial charge in [0.1, 0.15) is 22.3 Å². The van der Waals surface area contributed by atoms with Crippen LogP contribution in [0.5, 0.6) is 0 Å². The number of para-hydroxylation sites is 4. The van der Waals surface area contributed by atoms with Gasteiger partial charge in [-0.2, -0.15) is 0 Å². The zero-order valence-electron chi connectivity index (χ0n) is 35.1. The topological polar surface area (TPSA) is 36.1 Å². The van der Waals surface area contributed by atoms with Crippen molar-refractivity contribution >= 4 is 87.5 Å². The summed E-state index contributed by atoms with van der Waals surface area (Å²) in [6, 6.07) is 67.3. The lowest BCUT2D eigenvalue weighted by Crippen LogP contribution is -2.28. The summed E-state index contributed by atoms with van der Waals surface area (Å²) < 4.78 is 17.7. The molecule has 4 heterocycles. The van der Waals surface area contributed by atoms with E-state index in [1.165, 1.54) is 109 Å². The predicted molar refractivity (Wildman–Crippen MR) is 264 cm³/mol. The normalized spacial score (nSPS) is 14.7. The average molecular weight is 821 g/mol. The molecule has 0 saturated heterocycles. The third-order valence-corrected chi connectivity index (χ3v) is 15.1. The number of hydrogen-bond donors (Lipinski definition) is 0. The SMILES string of the molecule is c1ccc2c(c1)oc1cc(-n3c4ccccc4c4ccc(-c5ccc6c(c5)-c5cc7c(cc5C65CCCCC5)c5ccccc5n7-c5ccc6c(c5)oc5ccccc56)cc43)ccc12. The molecule has 4 nitrogen and oxygen atoms in total. The summed E-state index contributed by atoms with van der Waals surface area (Å²) in [5.74, 6) is 0. The molecule has 0 amide bonds. The predicted octanol–water partition coefficient (Wildman–Crippen LogP) is 16.6. The van der Waals surface area contributed by atoms with Crippen molar-refractivity contribution in [3.8, 4) is 33.6 Å². The molecule has 0 radical (unpaired) electrons. The van der Waals surface area contributed by atoms with E-state index in [0.717, 1.165) is 55.3 Å². The quantitative estimate of drug-likeness (QED) is 0.178. The molecule has 2 aliphatic rings. The number of hydrogen-bond acceptors (Lipinski definition) is 2. The third kappa shape index (κ3) is 4.62. The Morgan fingerprint density at radius 1 is 0.328 bits per heavy atom.